The van der Waals surface area contributed by atoms with Crippen LogP contribution in [0.25, 0.3) is 5.65 Å². The second kappa shape index (κ2) is 6.71. The number of hydrogen-bond donors (Lipinski definition) is 0. The fourth-order valence-corrected chi connectivity index (χ4v) is 3.96. The number of piperazine rings is 1. The van der Waals surface area contributed by atoms with Crippen LogP contribution in [0.15, 0.2) is 30.7 Å². The predicted molar refractivity (Wildman–Crippen MR) is 94.8 cm³/mol. The molecule has 0 aliphatic carbocycles. The molecule has 0 saturated carbocycles. The highest BCUT2D eigenvalue weighted by Gasteiger charge is 2.34. The summed E-state index contributed by atoms with van der Waals surface area (Å²) in [6.45, 7) is 3.47. The van der Waals surface area contributed by atoms with E-state index in [1.54, 1.807) is 6.07 Å². The lowest BCUT2D eigenvalue weighted by molar-refractivity contribution is -0.134. The van der Waals surface area contributed by atoms with Crippen molar-refractivity contribution in [2.45, 2.75) is 12.7 Å². The van der Waals surface area contributed by atoms with E-state index < -0.39 is 11.1 Å². The van der Waals surface area contributed by atoms with Crippen LogP contribution in [0.5, 0.6) is 0 Å². The van der Waals surface area contributed by atoms with Crippen LogP contribution in [0.1, 0.15) is 10.6 Å². The van der Waals surface area contributed by atoms with E-state index in [2.05, 4.69) is 14.9 Å². The van der Waals surface area contributed by atoms with Gasteiger partial charge in [-0.2, -0.15) is 13.2 Å². The van der Waals surface area contributed by atoms with Crippen molar-refractivity contribution in [3.63, 3.8) is 0 Å². The molecule has 0 bridgehead atoms. The Labute approximate surface area is 156 Å². The van der Waals surface area contributed by atoms with Crippen LogP contribution in [-0.4, -0.2) is 45.4 Å². The monoisotopic (exact) mass is 401 g/mol. The molecular formula is C16H15ClF3N5S. The average Bonchev–Trinajstić information content (AvgIpc) is 3.21. The standard InChI is InChI=1S/C16H15ClF3N5S/c17-11-1-2-14-22-12(10-25(14)8-11)9-23-3-5-24(6-4-23)15-21-7-13(26-15)16(18,19)20/h1-2,7-8,10H,3-6,9H2. The van der Waals surface area contributed by atoms with Gasteiger partial charge in [-0.15, -0.1) is 0 Å². The average molecular weight is 402 g/mol. The topological polar surface area (TPSA) is 36.7 Å². The Bertz CT molecular complexity index is 914. The summed E-state index contributed by atoms with van der Waals surface area (Å²) < 4.78 is 40.0. The van der Waals surface area contributed by atoms with Crippen molar-refractivity contribution in [2.75, 3.05) is 31.1 Å². The van der Waals surface area contributed by atoms with Gasteiger partial charge in [-0.1, -0.05) is 22.9 Å². The largest absolute Gasteiger partial charge is 0.427 e. The number of halogens is 4. The van der Waals surface area contributed by atoms with Crippen molar-refractivity contribution in [3.05, 3.63) is 46.3 Å². The normalized spacial score (nSPS) is 16.5. The quantitative estimate of drug-likeness (QED) is 0.669. The molecule has 138 valence electrons. The molecule has 3 aromatic rings. The van der Waals surface area contributed by atoms with Crippen LogP contribution < -0.4 is 4.90 Å². The minimum Gasteiger partial charge on any atom is -0.346 e. The van der Waals surface area contributed by atoms with E-state index in [0.29, 0.717) is 41.1 Å². The van der Waals surface area contributed by atoms with E-state index in [4.69, 9.17) is 11.6 Å². The lowest BCUT2D eigenvalue weighted by atomic mass is 10.3. The minimum absolute atomic E-state index is 0.430. The van der Waals surface area contributed by atoms with Gasteiger partial charge in [-0.3, -0.25) is 4.90 Å². The van der Waals surface area contributed by atoms with Gasteiger partial charge >= 0.3 is 6.18 Å². The number of imidazole rings is 1. The number of hydrogen-bond acceptors (Lipinski definition) is 5. The summed E-state index contributed by atoms with van der Waals surface area (Å²) in [5.41, 5.74) is 1.78. The van der Waals surface area contributed by atoms with E-state index in [-0.39, 0.29) is 0 Å². The molecule has 0 radical (unpaired) electrons. The van der Waals surface area contributed by atoms with Crippen molar-refractivity contribution in [2.24, 2.45) is 0 Å². The van der Waals surface area contributed by atoms with Crippen LogP contribution in [0, 0.1) is 0 Å². The van der Waals surface area contributed by atoms with Gasteiger partial charge in [-0.25, -0.2) is 9.97 Å². The summed E-state index contributed by atoms with van der Waals surface area (Å²) in [5, 5.41) is 1.08. The molecule has 26 heavy (non-hydrogen) atoms. The molecule has 0 aromatic carbocycles. The fourth-order valence-electron chi connectivity index (χ4n) is 2.96. The van der Waals surface area contributed by atoms with Gasteiger partial charge in [-0.05, 0) is 12.1 Å². The van der Waals surface area contributed by atoms with Gasteiger partial charge < -0.3 is 9.30 Å². The molecule has 1 aliphatic rings. The SMILES string of the molecule is FC(F)(F)c1cnc(N2CCN(Cc3cn4cc(Cl)ccc4n3)CC2)s1. The number of alkyl halides is 3. The first-order chi connectivity index (χ1) is 12.4. The third-order valence-corrected chi connectivity index (χ3v) is 5.59. The van der Waals surface area contributed by atoms with Crippen molar-refractivity contribution >= 4 is 33.7 Å². The van der Waals surface area contributed by atoms with Crippen LogP contribution in [0.4, 0.5) is 18.3 Å². The van der Waals surface area contributed by atoms with Crippen LogP contribution in [0.2, 0.25) is 5.02 Å². The van der Waals surface area contributed by atoms with Crippen LogP contribution in [0.3, 0.4) is 0 Å². The van der Waals surface area contributed by atoms with Crippen LogP contribution >= 0.6 is 22.9 Å². The number of nitrogens with zero attached hydrogens (tertiary/aromatic N) is 5. The number of anilines is 1. The molecule has 0 amide bonds. The lowest BCUT2D eigenvalue weighted by Crippen LogP contribution is -2.46. The molecule has 4 heterocycles. The molecule has 0 atom stereocenters. The Morgan fingerprint density at radius 3 is 2.58 bits per heavy atom. The Balaban J connectivity index is 1.38. The second-order valence-electron chi connectivity index (χ2n) is 6.11. The number of rotatable bonds is 3. The van der Waals surface area contributed by atoms with Crippen molar-refractivity contribution in [1.29, 1.82) is 0 Å². The maximum atomic E-state index is 12.7. The van der Waals surface area contributed by atoms with E-state index >= 15 is 0 Å². The van der Waals surface area contributed by atoms with Gasteiger partial charge in [0.15, 0.2) is 5.13 Å². The maximum absolute atomic E-state index is 12.7. The summed E-state index contributed by atoms with van der Waals surface area (Å²) >= 11 is 6.68. The Morgan fingerprint density at radius 2 is 1.88 bits per heavy atom. The van der Waals surface area contributed by atoms with E-state index in [9.17, 15) is 13.2 Å². The fraction of sp³-hybridized carbons (Fsp3) is 0.375. The number of aromatic nitrogens is 3. The second-order valence-corrected chi connectivity index (χ2v) is 7.56. The summed E-state index contributed by atoms with van der Waals surface area (Å²) in [5.74, 6) is 0. The highest BCUT2D eigenvalue weighted by atomic mass is 35.5. The Kier molecular flexibility index (Phi) is 4.54. The molecule has 4 rings (SSSR count). The zero-order valence-electron chi connectivity index (χ0n) is 13.6. The summed E-state index contributed by atoms with van der Waals surface area (Å²) in [7, 11) is 0. The maximum Gasteiger partial charge on any atom is 0.427 e. The zero-order chi connectivity index (χ0) is 18.3. The smallest absolute Gasteiger partial charge is 0.346 e. The summed E-state index contributed by atoms with van der Waals surface area (Å²) in [4.78, 5) is 12.0. The molecule has 5 nitrogen and oxygen atoms in total. The molecule has 3 aromatic heterocycles. The molecule has 1 fully saturated rings. The predicted octanol–water partition coefficient (Wildman–Crippen LogP) is 3.79. The molecule has 1 saturated heterocycles. The number of pyridine rings is 1. The van der Waals surface area contributed by atoms with Crippen molar-refractivity contribution < 1.29 is 13.2 Å². The highest BCUT2D eigenvalue weighted by molar-refractivity contribution is 7.15. The molecule has 0 unspecified atom stereocenters. The van der Waals surface area contributed by atoms with Gasteiger partial charge in [0.2, 0.25) is 0 Å². The van der Waals surface area contributed by atoms with E-state index in [0.717, 1.165) is 30.6 Å². The Morgan fingerprint density at radius 1 is 1.12 bits per heavy atom. The first-order valence-electron chi connectivity index (χ1n) is 8.02. The van der Waals surface area contributed by atoms with Crippen molar-refractivity contribution in [3.8, 4) is 0 Å². The molecule has 10 heteroatoms. The zero-order valence-corrected chi connectivity index (χ0v) is 15.2. The molecular weight excluding hydrogens is 387 g/mol. The third-order valence-electron chi connectivity index (χ3n) is 4.27. The van der Waals surface area contributed by atoms with E-state index in [1.165, 1.54) is 0 Å². The molecule has 0 N–H and O–H groups in total. The number of thiazole rings is 1. The first kappa shape index (κ1) is 17.6. The van der Waals surface area contributed by atoms with Crippen LogP contribution in [-0.2, 0) is 12.7 Å². The molecule has 0 spiro atoms. The highest BCUT2D eigenvalue weighted by Crippen LogP contribution is 2.36. The minimum atomic E-state index is -4.33. The third kappa shape index (κ3) is 3.65. The number of fused-ring (bicyclic) bond motifs is 1. The van der Waals surface area contributed by atoms with Gasteiger partial charge in [0.25, 0.3) is 0 Å². The van der Waals surface area contributed by atoms with Crippen molar-refractivity contribution in [1.82, 2.24) is 19.3 Å². The van der Waals surface area contributed by atoms with E-state index in [1.807, 2.05) is 27.8 Å². The molecule has 1 aliphatic heterocycles. The van der Waals surface area contributed by atoms with Gasteiger partial charge in [0.05, 0.1) is 16.9 Å². The Hall–Kier alpha value is -1.84. The first-order valence-corrected chi connectivity index (χ1v) is 9.21. The summed E-state index contributed by atoms with van der Waals surface area (Å²) in [6.07, 6.45) is 0.341. The van der Waals surface area contributed by atoms with Gasteiger partial charge in [0.1, 0.15) is 10.5 Å². The van der Waals surface area contributed by atoms with Gasteiger partial charge in [0, 0.05) is 45.1 Å². The summed E-state index contributed by atoms with van der Waals surface area (Å²) in [6, 6.07) is 3.67. The lowest BCUT2D eigenvalue weighted by Gasteiger charge is -2.34.